The summed E-state index contributed by atoms with van der Waals surface area (Å²) in [5.41, 5.74) is -1.38. The molecule has 3 N–H and O–H groups in total. The molecule has 0 amide bonds. The van der Waals surface area contributed by atoms with E-state index in [1.54, 1.807) is 0 Å². The lowest BCUT2D eigenvalue weighted by Gasteiger charge is -2.33. The lowest BCUT2D eigenvalue weighted by atomic mass is 9.90. The number of ether oxygens (including phenoxy) is 1. The van der Waals surface area contributed by atoms with Gasteiger partial charge in [-0.3, -0.25) is 0 Å². The van der Waals surface area contributed by atoms with Crippen LogP contribution in [0.5, 0.6) is 0 Å². The molecule has 5 nitrogen and oxygen atoms in total. The number of carbonyl (C=O) groups is 1. The van der Waals surface area contributed by atoms with Gasteiger partial charge < -0.3 is 20.1 Å². The second kappa shape index (κ2) is 4.04. The Morgan fingerprint density at radius 2 is 2.15 bits per heavy atom. The monoisotopic (exact) mass is 190 g/mol. The summed E-state index contributed by atoms with van der Waals surface area (Å²) in [6, 6.07) is 0. The Bertz CT molecular complexity index is 183. The van der Waals surface area contributed by atoms with E-state index in [-0.39, 0.29) is 6.42 Å². The van der Waals surface area contributed by atoms with Crippen molar-refractivity contribution in [2.45, 2.75) is 37.6 Å². The van der Waals surface area contributed by atoms with E-state index in [2.05, 4.69) is 0 Å². The average Bonchev–Trinajstić information content (AvgIpc) is 2.04. The Morgan fingerprint density at radius 3 is 2.54 bits per heavy atom. The fourth-order valence-corrected chi connectivity index (χ4v) is 1.56. The first kappa shape index (κ1) is 10.4. The molecule has 1 rings (SSSR count). The van der Waals surface area contributed by atoms with Gasteiger partial charge in [0.05, 0.1) is 0 Å². The van der Waals surface area contributed by atoms with Crippen molar-refractivity contribution in [1.82, 2.24) is 0 Å². The van der Waals surface area contributed by atoms with Crippen LogP contribution >= 0.6 is 0 Å². The van der Waals surface area contributed by atoms with E-state index in [1.807, 2.05) is 0 Å². The van der Waals surface area contributed by atoms with Crippen molar-refractivity contribution in [1.29, 1.82) is 0 Å². The van der Waals surface area contributed by atoms with Crippen LogP contribution in [0.1, 0.15) is 25.7 Å². The van der Waals surface area contributed by atoms with Gasteiger partial charge in [-0.25, -0.2) is 4.79 Å². The number of aliphatic carboxylic acids is 1. The molecule has 1 unspecified atom stereocenters. The van der Waals surface area contributed by atoms with Gasteiger partial charge in [-0.05, 0) is 19.3 Å². The van der Waals surface area contributed by atoms with Gasteiger partial charge in [0.25, 0.3) is 0 Å². The van der Waals surface area contributed by atoms with Crippen molar-refractivity contribution < 1.29 is 24.9 Å². The molecule has 1 aliphatic heterocycles. The number of carboxylic acid groups (broad SMARTS) is 1. The quantitative estimate of drug-likeness (QED) is 0.532. The molecule has 76 valence electrons. The van der Waals surface area contributed by atoms with E-state index in [0.29, 0.717) is 13.0 Å². The van der Waals surface area contributed by atoms with E-state index >= 15 is 0 Å². The van der Waals surface area contributed by atoms with Crippen LogP contribution in [-0.2, 0) is 9.53 Å². The molecule has 0 radical (unpaired) electrons. The normalized spacial score (nSPS) is 29.2. The lowest BCUT2D eigenvalue weighted by molar-refractivity contribution is -0.187. The zero-order valence-electron chi connectivity index (χ0n) is 7.27. The molecular formula is C8H14O5. The number of aliphatic hydroxyl groups is 2. The van der Waals surface area contributed by atoms with Crippen molar-refractivity contribution in [3.8, 4) is 0 Å². The van der Waals surface area contributed by atoms with Crippen LogP contribution in [0.3, 0.4) is 0 Å². The zero-order valence-corrected chi connectivity index (χ0v) is 7.27. The van der Waals surface area contributed by atoms with Crippen LogP contribution in [0.4, 0.5) is 0 Å². The van der Waals surface area contributed by atoms with Crippen LogP contribution in [0.2, 0.25) is 0 Å². The number of rotatable bonds is 3. The van der Waals surface area contributed by atoms with E-state index < -0.39 is 17.9 Å². The number of aliphatic hydroxyl groups excluding tert-OH is 1. The first-order chi connectivity index (χ1) is 6.07. The van der Waals surface area contributed by atoms with Gasteiger partial charge in [-0.2, -0.15) is 0 Å². The summed E-state index contributed by atoms with van der Waals surface area (Å²) in [5, 5.41) is 26.4. The predicted octanol–water partition coefficient (Wildman–Crippen LogP) is -0.289. The van der Waals surface area contributed by atoms with Crippen molar-refractivity contribution in [3.63, 3.8) is 0 Å². The van der Waals surface area contributed by atoms with Gasteiger partial charge >= 0.3 is 5.97 Å². The third kappa shape index (κ3) is 2.40. The van der Waals surface area contributed by atoms with Crippen LogP contribution in [0.15, 0.2) is 0 Å². The summed E-state index contributed by atoms with van der Waals surface area (Å²) in [7, 11) is 0. The van der Waals surface area contributed by atoms with Crippen molar-refractivity contribution in [2.24, 2.45) is 0 Å². The molecule has 0 saturated carbocycles. The number of carboxylic acids is 1. The SMILES string of the molecule is O=C(O)C1(CC(O)O)CCCCO1. The average molecular weight is 190 g/mol. The van der Waals surface area contributed by atoms with E-state index in [0.717, 1.165) is 12.8 Å². The predicted molar refractivity (Wildman–Crippen MR) is 43.0 cm³/mol. The second-order valence-electron chi connectivity index (χ2n) is 3.29. The highest BCUT2D eigenvalue weighted by molar-refractivity contribution is 5.77. The number of hydrogen-bond acceptors (Lipinski definition) is 4. The molecule has 0 aromatic heterocycles. The minimum absolute atomic E-state index is 0.262. The van der Waals surface area contributed by atoms with Crippen molar-refractivity contribution in [3.05, 3.63) is 0 Å². The molecule has 1 aliphatic rings. The van der Waals surface area contributed by atoms with Gasteiger partial charge in [0.2, 0.25) is 0 Å². The van der Waals surface area contributed by atoms with Gasteiger partial charge in [0.1, 0.15) is 0 Å². The second-order valence-corrected chi connectivity index (χ2v) is 3.29. The lowest BCUT2D eigenvalue weighted by Crippen LogP contribution is -2.46. The van der Waals surface area contributed by atoms with Crippen LogP contribution in [-0.4, -0.2) is 39.8 Å². The molecule has 0 aromatic carbocycles. The summed E-state index contributed by atoms with van der Waals surface area (Å²) >= 11 is 0. The highest BCUT2D eigenvalue weighted by Crippen LogP contribution is 2.29. The Labute approximate surface area is 75.9 Å². The third-order valence-corrected chi connectivity index (χ3v) is 2.26. The smallest absolute Gasteiger partial charge is 0.336 e. The maximum absolute atomic E-state index is 10.9. The molecule has 0 spiro atoms. The highest BCUT2D eigenvalue weighted by Gasteiger charge is 2.42. The topological polar surface area (TPSA) is 87.0 Å². The maximum atomic E-state index is 10.9. The fourth-order valence-electron chi connectivity index (χ4n) is 1.56. The van der Waals surface area contributed by atoms with Crippen LogP contribution < -0.4 is 0 Å². The van der Waals surface area contributed by atoms with Crippen LogP contribution in [0.25, 0.3) is 0 Å². The molecule has 1 fully saturated rings. The van der Waals surface area contributed by atoms with Gasteiger partial charge in [-0.15, -0.1) is 0 Å². The van der Waals surface area contributed by atoms with E-state index in [4.69, 9.17) is 20.1 Å². The minimum atomic E-state index is -1.63. The molecule has 13 heavy (non-hydrogen) atoms. The first-order valence-corrected chi connectivity index (χ1v) is 4.30. The Kier molecular flexibility index (Phi) is 3.24. The molecule has 1 atom stereocenters. The largest absolute Gasteiger partial charge is 0.479 e. The summed E-state index contributed by atoms with van der Waals surface area (Å²) in [6.07, 6.45) is 0.0342. The molecule has 0 aliphatic carbocycles. The van der Waals surface area contributed by atoms with Crippen LogP contribution in [0, 0.1) is 0 Å². The molecular weight excluding hydrogens is 176 g/mol. The fraction of sp³-hybridized carbons (Fsp3) is 0.875. The highest BCUT2D eigenvalue weighted by atomic mass is 16.5. The zero-order chi connectivity index (χ0) is 9.90. The summed E-state index contributed by atoms with van der Waals surface area (Å²) in [4.78, 5) is 10.9. The Hall–Kier alpha value is -0.650. The van der Waals surface area contributed by atoms with E-state index in [9.17, 15) is 4.79 Å². The van der Waals surface area contributed by atoms with Gasteiger partial charge in [0, 0.05) is 13.0 Å². The van der Waals surface area contributed by atoms with Crippen molar-refractivity contribution >= 4 is 5.97 Å². The summed E-state index contributed by atoms with van der Waals surface area (Å²) < 4.78 is 5.12. The Balaban J connectivity index is 2.67. The third-order valence-electron chi connectivity index (χ3n) is 2.26. The van der Waals surface area contributed by atoms with Gasteiger partial charge in [0.15, 0.2) is 11.9 Å². The summed E-state index contributed by atoms with van der Waals surface area (Å²) in [6.45, 7) is 0.374. The molecule has 0 bridgehead atoms. The first-order valence-electron chi connectivity index (χ1n) is 4.30. The number of hydrogen-bond donors (Lipinski definition) is 3. The van der Waals surface area contributed by atoms with Crippen molar-refractivity contribution in [2.75, 3.05) is 6.61 Å². The molecule has 1 heterocycles. The molecule has 1 saturated heterocycles. The summed E-state index contributed by atoms with van der Waals surface area (Å²) in [5.74, 6) is -1.11. The standard InChI is InChI=1S/C8H14O5/c9-6(10)5-8(7(11)12)3-1-2-4-13-8/h6,9-10H,1-5H2,(H,11,12). The van der Waals surface area contributed by atoms with E-state index in [1.165, 1.54) is 0 Å². The molecule has 5 heteroatoms. The maximum Gasteiger partial charge on any atom is 0.336 e. The Morgan fingerprint density at radius 1 is 1.46 bits per heavy atom. The van der Waals surface area contributed by atoms with Gasteiger partial charge in [-0.1, -0.05) is 0 Å². The minimum Gasteiger partial charge on any atom is -0.479 e. The molecule has 0 aromatic rings.